The third-order valence-corrected chi connectivity index (χ3v) is 5.97. The Morgan fingerprint density at radius 3 is 2.60 bits per heavy atom. The Labute approximate surface area is 179 Å². The molecule has 0 radical (unpaired) electrons. The molecule has 2 aromatic rings. The van der Waals surface area contributed by atoms with Gasteiger partial charge in [0.15, 0.2) is 0 Å². The molecule has 1 atom stereocenters. The fourth-order valence-electron chi connectivity index (χ4n) is 4.15. The topological polar surface area (TPSA) is 44.2 Å². The first-order chi connectivity index (χ1) is 14.7. The summed E-state index contributed by atoms with van der Waals surface area (Å²) < 4.78 is 5.56. The van der Waals surface area contributed by atoms with E-state index in [1.54, 1.807) is 7.11 Å². The molecule has 0 N–H and O–H groups in total. The quantitative estimate of drug-likeness (QED) is 0.738. The number of hydrogen-bond donors (Lipinski definition) is 0. The first kappa shape index (κ1) is 20.4. The highest BCUT2D eigenvalue weighted by Gasteiger charge is 2.20. The van der Waals surface area contributed by atoms with Crippen molar-refractivity contribution in [1.29, 1.82) is 0 Å². The predicted molar refractivity (Wildman–Crippen MR) is 123 cm³/mol. The van der Waals surface area contributed by atoms with Crippen LogP contribution in [0.5, 0.6) is 5.75 Å². The fraction of sp³-hybridized carbons (Fsp3) is 0.417. The van der Waals surface area contributed by atoms with Gasteiger partial charge in [0.1, 0.15) is 18.2 Å². The molecule has 0 amide bonds. The van der Waals surface area contributed by atoms with E-state index in [0.29, 0.717) is 12.6 Å². The van der Waals surface area contributed by atoms with Crippen LogP contribution >= 0.6 is 0 Å². The molecule has 0 saturated carbocycles. The van der Waals surface area contributed by atoms with Crippen LogP contribution in [0.4, 0.5) is 5.82 Å². The number of ether oxygens (including phenoxy) is 1. The maximum absolute atomic E-state index is 5.56. The van der Waals surface area contributed by atoms with Gasteiger partial charge in [0, 0.05) is 62.3 Å². The standard InChI is InChI=1S/C24H31N5O/c1-19(21-6-4-5-7-23(21)30-3)17-29-18-25-11-10-22(29)20-8-9-24(26-16-20)28-14-12-27(2)13-15-28/h4-11,16,19H,12-15,17-18H2,1-3H3/t19-/m1/s1. The molecular formula is C24H31N5O. The lowest BCUT2D eigenvalue weighted by Crippen LogP contribution is -2.44. The normalized spacial score (nSPS) is 18.3. The van der Waals surface area contributed by atoms with Gasteiger partial charge in [0.25, 0.3) is 0 Å². The van der Waals surface area contributed by atoms with Gasteiger partial charge in [-0.05, 0) is 36.9 Å². The van der Waals surface area contributed by atoms with Gasteiger partial charge < -0.3 is 19.4 Å². The smallest absolute Gasteiger partial charge is 0.128 e. The van der Waals surface area contributed by atoms with Crippen molar-refractivity contribution in [2.75, 3.05) is 58.4 Å². The monoisotopic (exact) mass is 405 g/mol. The molecule has 1 saturated heterocycles. The van der Waals surface area contributed by atoms with Crippen LogP contribution in [0, 0.1) is 0 Å². The number of para-hydroxylation sites is 1. The van der Waals surface area contributed by atoms with Crippen molar-refractivity contribution >= 4 is 17.7 Å². The molecule has 158 valence electrons. The maximum Gasteiger partial charge on any atom is 0.128 e. The molecule has 0 unspecified atom stereocenters. The molecule has 30 heavy (non-hydrogen) atoms. The van der Waals surface area contributed by atoms with Crippen LogP contribution in [0.2, 0.25) is 0 Å². The van der Waals surface area contributed by atoms with Gasteiger partial charge in [-0.2, -0.15) is 0 Å². The summed E-state index contributed by atoms with van der Waals surface area (Å²) in [5.74, 6) is 2.32. The number of likely N-dealkylation sites (N-methyl/N-ethyl adjacent to an activating group) is 1. The van der Waals surface area contributed by atoms with Crippen LogP contribution < -0.4 is 9.64 Å². The summed E-state index contributed by atoms with van der Waals surface area (Å²) in [6.45, 7) is 7.98. The Balaban J connectivity index is 1.48. The number of anilines is 1. The van der Waals surface area contributed by atoms with Gasteiger partial charge in [-0.15, -0.1) is 0 Å². The van der Waals surface area contributed by atoms with E-state index in [1.165, 1.54) is 11.3 Å². The molecule has 0 bridgehead atoms. The van der Waals surface area contributed by atoms with Crippen LogP contribution in [0.1, 0.15) is 24.0 Å². The van der Waals surface area contributed by atoms with E-state index in [1.807, 2.05) is 24.5 Å². The molecule has 1 aromatic carbocycles. The van der Waals surface area contributed by atoms with Crippen LogP contribution in [-0.2, 0) is 0 Å². The third-order valence-electron chi connectivity index (χ3n) is 5.97. The van der Waals surface area contributed by atoms with Gasteiger partial charge in [-0.3, -0.25) is 4.99 Å². The number of hydrogen-bond acceptors (Lipinski definition) is 6. The van der Waals surface area contributed by atoms with Crippen LogP contribution in [0.25, 0.3) is 5.70 Å². The van der Waals surface area contributed by atoms with Gasteiger partial charge in [-0.25, -0.2) is 4.98 Å². The number of aromatic nitrogens is 1. The highest BCUT2D eigenvalue weighted by molar-refractivity contribution is 5.85. The summed E-state index contributed by atoms with van der Waals surface area (Å²) in [5, 5.41) is 0. The van der Waals surface area contributed by atoms with E-state index in [4.69, 9.17) is 9.72 Å². The Bertz CT molecular complexity index is 900. The number of aliphatic imine (C=N–C) groups is 1. The summed E-state index contributed by atoms with van der Waals surface area (Å²) in [4.78, 5) is 16.3. The van der Waals surface area contributed by atoms with Gasteiger partial charge in [0.2, 0.25) is 0 Å². The number of pyridine rings is 1. The molecule has 6 heteroatoms. The number of nitrogens with zero attached hydrogens (tertiary/aromatic N) is 5. The SMILES string of the molecule is COc1ccccc1[C@H](C)CN1CN=CC=C1c1ccc(N2CCN(C)CC2)nc1. The zero-order valence-corrected chi connectivity index (χ0v) is 18.2. The average Bonchev–Trinajstić information content (AvgIpc) is 2.80. The minimum atomic E-state index is 0.315. The number of methoxy groups -OCH3 is 1. The highest BCUT2D eigenvalue weighted by Crippen LogP contribution is 2.30. The zero-order chi connectivity index (χ0) is 20.9. The molecule has 0 spiro atoms. The summed E-state index contributed by atoms with van der Waals surface area (Å²) in [7, 11) is 3.90. The Kier molecular flexibility index (Phi) is 6.33. The van der Waals surface area contributed by atoms with Crippen molar-refractivity contribution in [2.24, 2.45) is 4.99 Å². The average molecular weight is 406 g/mol. The first-order valence-electron chi connectivity index (χ1n) is 10.6. The Morgan fingerprint density at radius 2 is 1.87 bits per heavy atom. The van der Waals surface area contributed by atoms with E-state index in [0.717, 1.165) is 49.9 Å². The zero-order valence-electron chi connectivity index (χ0n) is 18.2. The lowest BCUT2D eigenvalue weighted by atomic mass is 9.98. The number of allylic oxidation sites excluding steroid dienone is 1. The molecule has 2 aliphatic rings. The maximum atomic E-state index is 5.56. The fourth-order valence-corrected chi connectivity index (χ4v) is 4.15. The van der Waals surface area contributed by atoms with Crippen molar-refractivity contribution in [3.63, 3.8) is 0 Å². The van der Waals surface area contributed by atoms with Crippen LogP contribution in [-0.4, -0.2) is 74.5 Å². The minimum Gasteiger partial charge on any atom is -0.496 e. The molecule has 6 nitrogen and oxygen atoms in total. The van der Waals surface area contributed by atoms with Crippen molar-refractivity contribution in [1.82, 2.24) is 14.8 Å². The Morgan fingerprint density at radius 1 is 1.07 bits per heavy atom. The minimum absolute atomic E-state index is 0.315. The van der Waals surface area contributed by atoms with Crippen LogP contribution in [0.3, 0.4) is 0 Å². The van der Waals surface area contributed by atoms with Gasteiger partial charge >= 0.3 is 0 Å². The van der Waals surface area contributed by atoms with Gasteiger partial charge in [0.05, 0.1) is 7.11 Å². The van der Waals surface area contributed by atoms with E-state index < -0.39 is 0 Å². The van der Waals surface area contributed by atoms with Crippen molar-refractivity contribution in [2.45, 2.75) is 12.8 Å². The van der Waals surface area contributed by atoms with Crippen molar-refractivity contribution in [3.8, 4) is 5.75 Å². The Hall–Kier alpha value is -2.86. The summed E-state index contributed by atoms with van der Waals surface area (Å²) >= 11 is 0. The second-order valence-electron chi connectivity index (χ2n) is 8.09. The largest absolute Gasteiger partial charge is 0.496 e. The van der Waals surface area contributed by atoms with Crippen LogP contribution in [0.15, 0.2) is 53.7 Å². The van der Waals surface area contributed by atoms with E-state index in [9.17, 15) is 0 Å². The molecule has 1 fully saturated rings. The van der Waals surface area contributed by atoms with E-state index in [2.05, 4.69) is 64.0 Å². The highest BCUT2D eigenvalue weighted by atomic mass is 16.5. The summed E-state index contributed by atoms with van der Waals surface area (Å²) in [6.07, 6.45) is 5.98. The number of benzene rings is 1. The van der Waals surface area contributed by atoms with E-state index >= 15 is 0 Å². The number of piperazine rings is 1. The summed E-state index contributed by atoms with van der Waals surface area (Å²) in [6, 6.07) is 12.6. The number of rotatable bonds is 6. The predicted octanol–water partition coefficient (Wildman–Crippen LogP) is 3.33. The second kappa shape index (κ2) is 9.30. The second-order valence-corrected chi connectivity index (χ2v) is 8.09. The van der Waals surface area contributed by atoms with Crippen molar-refractivity contribution in [3.05, 3.63) is 59.8 Å². The van der Waals surface area contributed by atoms with Gasteiger partial charge in [-0.1, -0.05) is 25.1 Å². The van der Waals surface area contributed by atoms with Crippen molar-refractivity contribution < 1.29 is 4.74 Å². The molecule has 4 rings (SSSR count). The van der Waals surface area contributed by atoms with E-state index in [-0.39, 0.29) is 0 Å². The molecule has 1 aromatic heterocycles. The third kappa shape index (κ3) is 4.49. The molecule has 0 aliphatic carbocycles. The molecule has 2 aliphatic heterocycles. The molecule has 3 heterocycles. The lowest BCUT2D eigenvalue weighted by Gasteiger charge is -2.33. The molecular weight excluding hydrogens is 374 g/mol. The lowest BCUT2D eigenvalue weighted by molar-refractivity contribution is 0.312. The summed E-state index contributed by atoms with van der Waals surface area (Å²) in [5.41, 5.74) is 3.52. The first-order valence-corrected chi connectivity index (χ1v) is 10.6.